The third kappa shape index (κ3) is 1.73. The standard InChI is InChI=1S/C10H7Cl2Si/c11-13(12)10-7-3-5-8-4-1-2-6-9(8)10/h1-7H. The highest BCUT2D eigenvalue weighted by atomic mass is 35.7. The van der Waals surface area contributed by atoms with E-state index in [2.05, 4.69) is 18.2 Å². The predicted octanol–water partition coefficient (Wildman–Crippen LogP) is 3.01. The van der Waals surface area contributed by atoms with E-state index in [4.69, 9.17) is 22.2 Å². The first kappa shape index (κ1) is 9.07. The number of halogens is 2. The Morgan fingerprint density at radius 3 is 2.31 bits per heavy atom. The number of hydrogen-bond acceptors (Lipinski definition) is 0. The van der Waals surface area contributed by atoms with Gasteiger partial charge in [-0.05, 0) is 16.0 Å². The molecule has 0 aliphatic carbocycles. The molecule has 0 aliphatic heterocycles. The van der Waals surface area contributed by atoms with Crippen LogP contribution in [-0.2, 0) is 0 Å². The van der Waals surface area contributed by atoms with Gasteiger partial charge in [-0.25, -0.2) is 0 Å². The van der Waals surface area contributed by atoms with E-state index < -0.39 is 7.42 Å². The average Bonchev–Trinajstić information content (AvgIpc) is 2.17. The van der Waals surface area contributed by atoms with Crippen LogP contribution < -0.4 is 5.19 Å². The lowest BCUT2D eigenvalue weighted by molar-refractivity contribution is 1.78. The summed E-state index contributed by atoms with van der Waals surface area (Å²) < 4.78 is 0. The Hall–Kier alpha value is -0.503. The molecule has 65 valence electrons. The molecule has 2 aromatic carbocycles. The number of fused-ring (bicyclic) bond motifs is 1. The minimum absolute atomic E-state index is 1.08. The van der Waals surface area contributed by atoms with Crippen LogP contribution in [0.4, 0.5) is 0 Å². The number of hydrogen-bond donors (Lipinski definition) is 0. The highest BCUT2D eigenvalue weighted by Gasteiger charge is 2.10. The van der Waals surface area contributed by atoms with Crippen molar-refractivity contribution in [1.82, 2.24) is 0 Å². The molecule has 0 amide bonds. The number of rotatable bonds is 1. The van der Waals surface area contributed by atoms with E-state index in [9.17, 15) is 0 Å². The summed E-state index contributed by atoms with van der Waals surface area (Å²) in [4.78, 5) is 0. The highest BCUT2D eigenvalue weighted by molar-refractivity contribution is 7.40. The average molecular weight is 226 g/mol. The van der Waals surface area contributed by atoms with Gasteiger partial charge >= 0.3 is 7.42 Å². The van der Waals surface area contributed by atoms with Crippen molar-refractivity contribution in [3.8, 4) is 0 Å². The highest BCUT2D eigenvalue weighted by Crippen LogP contribution is 2.13. The first-order valence-electron chi connectivity index (χ1n) is 3.95. The smallest absolute Gasteiger partial charge is 0.140 e. The second-order valence-corrected chi connectivity index (χ2v) is 6.69. The molecule has 0 N–H and O–H groups in total. The zero-order valence-corrected chi connectivity index (χ0v) is 9.31. The lowest BCUT2D eigenvalue weighted by Crippen LogP contribution is -2.18. The van der Waals surface area contributed by atoms with Crippen LogP contribution in [0.2, 0.25) is 0 Å². The van der Waals surface area contributed by atoms with Gasteiger partial charge in [0.25, 0.3) is 0 Å². The second-order valence-electron chi connectivity index (χ2n) is 2.79. The molecule has 0 aromatic heterocycles. The van der Waals surface area contributed by atoms with Gasteiger partial charge in [0.1, 0.15) is 0 Å². The van der Waals surface area contributed by atoms with E-state index in [0.29, 0.717) is 0 Å². The maximum absolute atomic E-state index is 5.95. The van der Waals surface area contributed by atoms with Crippen molar-refractivity contribution >= 4 is 45.5 Å². The molecule has 0 nitrogen and oxygen atoms in total. The van der Waals surface area contributed by atoms with Gasteiger partial charge in [-0.1, -0.05) is 42.5 Å². The maximum atomic E-state index is 5.95. The van der Waals surface area contributed by atoms with Gasteiger partial charge in [0.2, 0.25) is 0 Å². The summed E-state index contributed by atoms with van der Waals surface area (Å²) in [5.41, 5.74) is 0. The monoisotopic (exact) mass is 225 g/mol. The molecule has 0 fully saturated rings. The Morgan fingerprint density at radius 2 is 1.54 bits per heavy atom. The van der Waals surface area contributed by atoms with Gasteiger partial charge in [-0.2, -0.15) is 0 Å². The Balaban J connectivity index is 2.76. The summed E-state index contributed by atoms with van der Waals surface area (Å²) in [6.07, 6.45) is 0. The van der Waals surface area contributed by atoms with Crippen molar-refractivity contribution < 1.29 is 0 Å². The van der Waals surface area contributed by atoms with E-state index in [0.717, 1.165) is 5.19 Å². The van der Waals surface area contributed by atoms with Gasteiger partial charge in [0.15, 0.2) is 0 Å². The molecular formula is C10H7Cl2Si. The van der Waals surface area contributed by atoms with Crippen LogP contribution in [0.15, 0.2) is 42.5 Å². The van der Waals surface area contributed by atoms with Crippen molar-refractivity contribution in [2.75, 3.05) is 0 Å². The van der Waals surface area contributed by atoms with Gasteiger partial charge in [0.05, 0.1) is 0 Å². The fourth-order valence-corrected chi connectivity index (χ4v) is 3.03. The Kier molecular flexibility index (Phi) is 2.58. The molecule has 3 heteroatoms. The van der Waals surface area contributed by atoms with Gasteiger partial charge < -0.3 is 0 Å². The fourth-order valence-electron chi connectivity index (χ4n) is 1.39. The molecule has 2 rings (SSSR count). The summed E-state index contributed by atoms with van der Waals surface area (Å²) >= 11 is 11.9. The second kappa shape index (κ2) is 3.70. The molecule has 0 unspecified atom stereocenters. The van der Waals surface area contributed by atoms with E-state index in [-0.39, 0.29) is 0 Å². The topological polar surface area (TPSA) is 0 Å². The van der Waals surface area contributed by atoms with Crippen LogP contribution in [0.3, 0.4) is 0 Å². The van der Waals surface area contributed by atoms with Crippen LogP contribution >= 0.6 is 22.2 Å². The lowest BCUT2D eigenvalue weighted by Gasteiger charge is -2.04. The first-order chi connectivity index (χ1) is 6.29. The molecule has 0 atom stereocenters. The van der Waals surface area contributed by atoms with Crippen molar-refractivity contribution in [3.05, 3.63) is 42.5 Å². The largest absolute Gasteiger partial charge is 0.307 e. The SMILES string of the molecule is Cl[Si](Cl)c1cccc2ccccc12. The molecular weight excluding hydrogens is 219 g/mol. The molecule has 0 heterocycles. The third-order valence-corrected chi connectivity index (χ3v) is 4.06. The summed E-state index contributed by atoms with van der Waals surface area (Å²) in [5.74, 6) is 0. The number of benzene rings is 2. The van der Waals surface area contributed by atoms with Crippen LogP contribution in [0.1, 0.15) is 0 Å². The molecule has 0 aliphatic rings. The fraction of sp³-hybridized carbons (Fsp3) is 0. The summed E-state index contributed by atoms with van der Waals surface area (Å²) in [6, 6.07) is 14.2. The Bertz CT molecular complexity index is 421. The normalized spacial score (nSPS) is 11.0. The zero-order valence-electron chi connectivity index (χ0n) is 6.80. The quantitative estimate of drug-likeness (QED) is 0.518. The molecule has 0 bridgehead atoms. The molecule has 0 saturated carbocycles. The first-order valence-corrected chi connectivity index (χ1v) is 7.47. The minimum Gasteiger partial charge on any atom is -0.140 e. The molecule has 0 saturated heterocycles. The van der Waals surface area contributed by atoms with E-state index in [1.807, 2.05) is 24.3 Å². The van der Waals surface area contributed by atoms with Crippen molar-refractivity contribution in [2.24, 2.45) is 0 Å². The van der Waals surface area contributed by atoms with E-state index >= 15 is 0 Å². The van der Waals surface area contributed by atoms with Gasteiger partial charge in [-0.3, -0.25) is 0 Å². The lowest BCUT2D eigenvalue weighted by atomic mass is 10.1. The van der Waals surface area contributed by atoms with E-state index in [1.54, 1.807) is 0 Å². The Morgan fingerprint density at radius 1 is 0.846 bits per heavy atom. The third-order valence-electron chi connectivity index (χ3n) is 1.99. The van der Waals surface area contributed by atoms with Gasteiger partial charge in [0, 0.05) is 0 Å². The summed E-state index contributed by atoms with van der Waals surface area (Å²) in [7, 11) is -1.39. The van der Waals surface area contributed by atoms with Crippen LogP contribution in [0.25, 0.3) is 10.8 Å². The van der Waals surface area contributed by atoms with E-state index in [1.165, 1.54) is 10.8 Å². The Labute approximate surface area is 88.1 Å². The van der Waals surface area contributed by atoms with Crippen LogP contribution in [-0.4, -0.2) is 7.42 Å². The van der Waals surface area contributed by atoms with Crippen LogP contribution in [0.5, 0.6) is 0 Å². The minimum atomic E-state index is -1.39. The summed E-state index contributed by atoms with van der Waals surface area (Å²) in [5, 5.41) is 3.44. The van der Waals surface area contributed by atoms with Gasteiger partial charge in [-0.15, -0.1) is 22.2 Å². The van der Waals surface area contributed by atoms with Crippen LogP contribution in [0, 0.1) is 0 Å². The van der Waals surface area contributed by atoms with Crippen molar-refractivity contribution in [3.63, 3.8) is 0 Å². The maximum Gasteiger partial charge on any atom is 0.307 e. The zero-order chi connectivity index (χ0) is 9.26. The van der Waals surface area contributed by atoms with Crippen molar-refractivity contribution in [2.45, 2.75) is 0 Å². The molecule has 0 spiro atoms. The molecule has 1 radical (unpaired) electrons. The molecule has 13 heavy (non-hydrogen) atoms. The molecule has 2 aromatic rings. The summed E-state index contributed by atoms with van der Waals surface area (Å²) in [6.45, 7) is 0. The predicted molar refractivity (Wildman–Crippen MR) is 61.0 cm³/mol. The van der Waals surface area contributed by atoms with Crippen molar-refractivity contribution in [1.29, 1.82) is 0 Å².